The molecule has 6 heteroatoms. The number of aryl methyl sites for hydroxylation is 1. The maximum absolute atomic E-state index is 4.60. The second-order valence-corrected chi connectivity index (χ2v) is 5.31. The molecule has 0 atom stereocenters. The molecule has 0 amide bonds. The smallest absolute Gasteiger partial charge is 0.225 e. The van der Waals surface area contributed by atoms with Crippen LogP contribution in [-0.4, -0.2) is 40.1 Å². The molecule has 0 saturated carbocycles. The van der Waals surface area contributed by atoms with E-state index in [-0.39, 0.29) is 0 Å². The van der Waals surface area contributed by atoms with Crippen molar-refractivity contribution >= 4 is 11.8 Å². The number of hydrogen-bond donors (Lipinski definition) is 1. The van der Waals surface area contributed by atoms with E-state index in [9.17, 15) is 0 Å². The van der Waals surface area contributed by atoms with Crippen LogP contribution in [0, 0.1) is 6.92 Å². The summed E-state index contributed by atoms with van der Waals surface area (Å²) >= 11 is 0. The summed E-state index contributed by atoms with van der Waals surface area (Å²) in [6, 6.07) is 3.81. The molecule has 0 radical (unpaired) electrons. The molecule has 0 aliphatic carbocycles. The Bertz CT molecular complexity index is 592. The molecule has 2 aromatic rings. The van der Waals surface area contributed by atoms with Gasteiger partial charge in [-0.1, -0.05) is 0 Å². The van der Waals surface area contributed by atoms with E-state index in [1.165, 1.54) is 0 Å². The topological polar surface area (TPSA) is 66.8 Å². The SMILES string of the molecule is CNc1cc(C)nc(C2CCN(c3ncccn3)CC2)n1. The minimum Gasteiger partial charge on any atom is -0.373 e. The lowest BCUT2D eigenvalue weighted by molar-refractivity contribution is 0.480. The van der Waals surface area contributed by atoms with Crippen molar-refractivity contribution in [3.8, 4) is 0 Å². The van der Waals surface area contributed by atoms with E-state index in [1.54, 1.807) is 12.4 Å². The van der Waals surface area contributed by atoms with Crippen LogP contribution >= 0.6 is 0 Å². The molecule has 3 rings (SSSR count). The van der Waals surface area contributed by atoms with Crippen molar-refractivity contribution in [3.05, 3.63) is 36.0 Å². The Kier molecular flexibility index (Phi) is 3.94. The lowest BCUT2D eigenvalue weighted by Gasteiger charge is -2.31. The van der Waals surface area contributed by atoms with Crippen molar-refractivity contribution in [2.75, 3.05) is 30.4 Å². The second kappa shape index (κ2) is 6.03. The summed E-state index contributed by atoms with van der Waals surface area (Å²) in [6.07, 6.45) is 5.64. The van der Waals surface area contributed by atoms with E-state index >= 15 is 0 Å². The standard InChI is InChI=1S/C15H20N6/c1-11-10-13(16-2)20-14(19-11)12-4-8-21(9-5-12)15-17-6-3-7-18-15/h3,6-7,10,12H,4-5,8-9H2,1-2H3,(H,16,19,20). The first kappa shape index (κ1) is 13.7. The summed E-state index contributed by atoms with van der Waals surface area (Å²) in [5.74, 6) is 3.08. The van der Waals surface area contributed by atoms with Crippen molar-refractivity contribution in [1.29, 1.82) is 0 Å². The highest BCUT2D eigenvalue weighted by molar-refractivity contribution is 5.36. The maximum atomic E-state index is 4.60. The van der Waals surface area contributed by atoms with Crippen LogP contribution < -0.4 is 10.2 Å². The number of aromatic nitrogens is 4. The number of nitrogens with one attached hydrogen (secondary N) is 1. The van der Waals surface area contributed by atoms with Crippen LogP contribution in [-0.2, 0) is 0 Å². The summed E-state index contributed by atoms with van der Waals surface area (Å²) in [4.78, 5) is 20.1. The van der Waals surface area contributed by atoms with Gasteiger partial charge in [0.2, 0.25) is 5.95 Å². The number of nitrogens with zero attached hydrogens (tertiary/aromatic N) is 5. The Hall–Kier alpha value is -2.24. The molecule has 1 aliphatic heterocycles. The van der Waals surface area contributed by atoms with Crippen molar-refractivity contribution in [2.45, 2.75) is 25.7 Å². The molecular formula is C15H20N6. The summed E-state index contributed by atoms with van der Waals surface area (Å²) in [6.45, 7) is 3.90. The lowest BCUT2D eigenvalue weighted by atomic mass is 9.96. The highest BCUT2D eigenvalue weighted by Gasteiger charge is 2.24. The Balaban J connectivity index is 1.70. The molecule has 1 saturated heterocycles. The number of rotatable bonds is 3. The van der Waals surface area contributed by atoms with Gasteiger partial charge in [-0.25, -0.2) is 19.9 Å². The third-order valence-electron chi connectivity index (χ3n) is 3.82. The van der Waals surface area contributed by atoms with Gasteiger partial charge < -0.3 is 10.2 Å². The molecule has 0 aromatic carbocycles. The van der Waals surface area contributed by atoms with E-state index in [2.05, 4.69) is 30.2 Å². The van der Waals surface area contributed by atoms with Crippen molar-refractivity contribution in [3.63, 3.8) is 0 Å². The zero-order chi connectivity index (χ0) is 14.7. The third kappa shape index (κ3) is 3.09. The monoisotopic (exact) mass is 284 g/mol. The molecule has 6 nitrogen and oxygen atoms in total. The molecule has 1 aliphatic rings. The summed E-state index contributed by atoms with van der Waals surface area (Å²) in [5.41, 5.74) is 1.01. The van der Waals surface area contributed by atoms with Gasteiger partial charge in [0, 0.05) is 50.2 Å². The quantitative estimate of drug-likeness (QED) is 0.930. The van der Waals surface area contributed by atoms with Gasteiger partial charge in [0.15, 0.2) is 0 Å². The average molecular weight is 284 g/mol. The largest absolute Gasteiger partial charge is 0.373 e. The first-order valence-electron chi connectivity index (χ1n) is 7.31. The van der Waals surface area contributed by atoms with Gasteiger partial charge in [0.1, 0.15) is 11.6 Å². The third-order valence-corrected chi connectivity index (χ3v) is 3.82. The van der Waals surface area contributed by atoms with E-state index in [1.807, 2.05) is 26.1 Å². The molecule has 21 heavy (non-hydrogen) atoms. The summed E-state index contributed by atoms with van der Waals surface area (Å²) in [7, 11) is 1.89. The predicted octanol–water partition coefficient (Wildman–Crippen LogP) is 2.00. The number of hydrogen-bond acceptors (Lipinski definition) is 6. The van der Waals surface area contributed by atoms with Crippen LogP contribution in [0.3, 0.4) is 0 Å². The van der Waals surface area contributed by atoms with E-state index in [0.29, 0.717) is 5.92 Å². The highest BCUT2D eigenvalue weighted by Crippen LogP contribution is 2.27. The fourth-order valence-electron chi connectivity index (χ4n) is 2.69. The molecule has 0 unspecified atom stereocenters. The van der Waals surface area contributed by atoms with Gasteiger partial charge in [-0.05, 0) is 25.8 Å². The number of anilines is 2. The molecule has 110 valence electrons. The minimum atomic E-state index is 0.414. The zero-order valence-corrected chi connectivity index (χ0v) is 12.5. The Morgan fingerprint density at radius 2 is 1.86 bits per heavy atom. The van der Waals surface area contributed by atoms with Crippen LogP contribution in [0.2, 0.25) is 0 Å². The predicted molar refractivity (Wildman–Crippen MR) is 82.5 cm³/mol. The molecule has 3 heterocycles. The highest BCUT2D eigenvalue weighted by atomic mass is 15.2. The maximum Gasteiger partial charge on any atom is 0.225 e. The first-order valence-corrected chi connectivity index (χ1v) is 7.31. The Labute approximate surface area is 124 Å². The second-order valence-electron chi connectivity index (χ2n) is 5.31. The van der Waals surface area contributed by atoms with Crippen LogP contribution in [0.25, 0.3) is 0 Å². The summed E-state index contributed by atoms with van der Waals surface area (Å²) < 4.78 is 0. The summed E-state index contributed by atoms with van der Waals surface area (Å²) in [5, 5.41) is 3.10. The molecule has 1 fully saturated rings. The molecule has 0 spiro atoms. The fourth-order valence-corrected chi connectivity index (χ4v) is 2.69. The molecular weight excluding hydrogens is 264 g/mol. The molecule has 1 N–H and O–H groups in total. The van der Waals surface area contributed by atoms with Gasteiger partial charge in [0.25, 0.3) is 0 Å². The zero-order valence-electron chi connectivity index (χ0n) is 12.5. The van der Waals surface area contributed by atoms with Gasteiger partial charge in [0.05, 0.1) is 0 Å². The van der Waals surface area contributed by atoms with E-state index in [0.717, 1.165) is 49.2 Å². The van der Waals surface area contributed by atoms with Gasteiger partial charge in [-0.15, -0.1) is 0 Å². The van der Waals surface area contributed by atoms with E-state index < -0.39 is 0 Å². The van der Waals surface area contributed by atoms with Crippen LogP contribution in [0.15, 0.2) is 24.5 Å². The lowest BCUT2D eigenvalue weighted by Crippen LogP contribution is -2.34. The molecule has 2 aromatic heterocycles. The van der Waals surface area contributed by atoms with Crippen LogP contribution in [0.5, 0.6) is 0 Å². The fraction of sp³-hybridized carbons (Fsp3) is 0.467. The van der Waals surface area contributed by atoms with Crippen LogP contribution in [0.4, 0.5) is 11.8 Å². The first-order chi connectivity index (χ1) is 10.3. The average Bonchev–Trinajstić information content (AvgIpc) is 2.55. The Morgan fingerprint density at radius 1 is 1.14 bits per heavy atom. The van der Waals surface area contributed by atoms with Crippen molar-refractivity contribution in [2.24, 2.45) is 0 Å². The minimum absolute atomic E-state index is 0.414. The van der Waals surface area contributed by atoms with Crippen LogP contribution in [0.1, 0.15) is 30.3 Å². The van der Waals surface area contributed by atoms with Gasteiger partial charge in [-0.3, -0.25) is 0 Å². The normalized spacial score (nSPS) is 16.0. The van der Waals surface area contributed by atoms with E-state index in [4.69, 9.17) is 0 Å². The van der Waals surface area contributed by atoms with Crippen molar-refractivity contribution in [1.82, 2.24) is 19.9 Å². The van der Waals surface area contributed by atoms with Gasteiger partial charge in [-0.2, -0.15) is 0 Å². The Morgan fingerprint density at radius 3 is 2.52 bits per heavy atom. The van der Waals surface area contributed by atoms with Crippen molar-refractivity contribution < 1.29 is 0 Å². The van der Waals surface area contributed by atoms with Gasteiger partial charge >= 0.3 is 0 Å². The molecule has 0 bridgehead atoms. The number of piperidine rings is 1.